The Morgan fingerprint density at radius 3 is 2.83 bits per heavy atom. The van der Waals surface area contributed by atoms with Crippen LogP contribution >= 0.6 is 34.7 Å². The Morgan fingerprint density at radius 2 is 2.09 bits per heavy atom. The van der Waals surface area contributed by atoms with Crippen molar-refractivity contribution in [2.75, 3.05) is 11.1 Å². The molecule has 1 amide bonds. The van der Waals surface area contributed by atoms with Crippen LogP contribution in [-0.4, -0.2) is 16.6 Å². The minimum absolute atomic E-state index is 0.190. The van der Waals surface area contributed by atoms with Crippen LogP contribution < -0.4 is 5.32 Å². The van der Waals surface area contributed by atoms with Crippen molar-refractivity contribution in [2.45, 2.75) is 4.34 Å². The van der Waals surface area contributed by atoms with E-state index in [0.29, 0.717) is 22.0 Å². The molecular weight excluding hydrogens is 350 g/mol. The number of nitrogens with one attached hydrogen (secondary N) is 1. The molecule has 0 saturated heterocycles. The Morgan fingerprint density at radius 1 is 1.30 bits per heavy atom. The second-order valence-electron chi connectivity index (χ2n) is 4.57. The van der Waals surface area contributed by atoms with E-state index in [4.69, 9.17) is 16.9 Å². The monoisotopic (exact) mass is 359 g/mol. The summed E-state index contributed by atoms with van der Waals surface area (Å²) in [6.07, 6.45) is 0. The number of anilines is 1. The van der Waals surface area contributed by atoms with Crippen LogP contribution in [0.3, 0.4) is 0 Å². The number of aromatic nitrogens is 1. The Bertz CT molecular complexity index is 900. The number of thiazole rings is 1. The number of carbonyl (C=O) groups excluding carboxylic acids is 1. The van der Waals surface area contributed by atoms with Gasteiger partial charge in [0, 0.05) is 16.3 Å². The fourth-order valence-corrected chi connectivity index (χ4v) is 3.84. The van der Waals surface area contributed by atoms with Crippen molar-refractivity contribution >= 4 is 56.5 Å². The topological polar surface area (TPSA) is 65.8 Å². The lowest BCUT2D eigenvalue weighted by Crippen LogP contribution is -2.11. The molecule has 4 nitrogen and oxygen atoms in total. The lowest BCUT2D eigenvalue weighted by molar-refractivity contribution is 0.102. The van der Waals surface area contributed by atoms with Gasteiger partial charge in [0.05, 0.1) is 22.0 Å². The van der Waals surface area contributed by atoms with Gasteiger partial charge < -0.3 is 5.32 Å². The third-order valence-electron chi connectivity index (χ3n) is 2.99. The zero-order valence-electron chi connectivity index (χ0n) is 11.7. The van der Waals surface area contributed by atoms with Crippen LogP contribution in [0.1, 0.15) is 10.4 Å². The molecule has 3 rings (SSSR count). The molecular formula is C16H10ClN3OS2. The summed E-state index contributed by atoms with van der Waals surface area (Å²) in [6.45, 7) is 0. The number of thioether (sulfide) groups is 1. The molecule has 2 aromatic carbocycles. The van der Waals surface area contributed by atoms with Crippen LogP contribution in [0.4, 0.5) is 5.69 Å². The van der Waals surface area contributed by atoms with Crippen molar-refractivity contribution in [3.63, 3.8) is 0 Å². The Labute approximate surface area is 146 Å². The molecule has 3 aromatic rings. The van der Waals surface area contributed by atoms with Gasteiger partial charge >= 0.3 is 0 Å². The molecule has 1 N–H and O–H groups in total. The zero-order valence-corrected chi connectivity index (χ0v) is 14.1. The lowest BCUT2D eigenvalue weighted by atomic mass is 10.2. The highest BCUT2D eigenvalue weighted by molar-refractivity contribution is 8.01. The third-order valence-corrected chi connectivity index (χ3v) is 5.27. The normalized spacial score (nSPS) is 10.4. The van der Waals surface area contributed by atoms with E-state index in [9.17, 15) is 4.79 Å². The maximum absolute atomic E-state index is 12.2. The van der Waals surface area contributed by atoms with E-state index in [1.54, 1.807) is 24.3 Å². The quantitative estimate of drug-likeness (QED) is 0.678. The lowest BCUT2D eigenvalue weighted by Gasteiger charge is -2.05. The van der Waals surface area contributed by atoms with Crippen LogP contribution in [0.25, 0.3) is 10.2 Å². The molecule has 0 aliphatic carbocycles. The molecule has 23 heavy (non-hydrogen) atoms. The molecule has 1 heterocycles. The molecule has 7 heteroatoms. The average molecular weight is 360 g/mol. The Balaban J connectivity index is 1.78. The highest BCUT2D eigenvalue weighted by Gasteiger charge is 2.09. The largest absolute Gasteiger partial charge is 0.322 e. The van der Waals surface area contributed by atoms with Crippen molar-refractivity contribution in [1.29, 1.82) is 5.26 Å². The summed E-state index contributed by atoms with van der Waals surface area (Å²) in [5.74, 6) is 0.185. The molecule has 0 aliphatic heterocycles. The second kappa shape index (κ2) is 7.01. The highest BCUT2D eigenvalue weighted by atomic mass is 35.5. The predicted octanol–water partition coefficient (Wildman–Crippen LogP) is 4.82. The van der Waals surface area contributed by atoms with Gasteiger partial charge in [-0.3, -0.25) is 4.79 Å². The number of carbonyl (C=O) groups is 1. The van der Waals surface area contributed by atoms with Crippen LogP contribution in [0.5, 0.6) is 0 Å². The standard InChI is InChI=1S/C16H10ClN3OS2/c17-11-3-1-10(2-4-11)15(21)19-12-5-6-13-14(9-12)23-16(20-13)22-8-7-18/h1-6,9H,8H2,(H,19,21). The molecule has 0 bridgehead atoms. The molecule has 0 radical (unpaired) electrons. The maximum Gasteiger partial charge on any atom is 0.255 e. The van der Waals surface area contributed by atoms with Crippen LogP contribution in [0.15, 0.2) is 46.8 Å². The summed E-state index contributed by atoms with van der Waals surface area (Å²) in [5.41, 5.74) is 2.11. The first-order valence-corrected chi connectivity index (χ1v) is 8.81. The molecule has 0 spiro atoms. The predicted molar refractivity (Wildman–Crippen MR) is 95.4 cm³/mol. The Hall–Kier alpha value is -2.07. The fourth-order valence-electron chi connectivity index (χ4n) is 1.94. The number of benzene rings is 2. The van der Waals surface area contributed by atoms with E-state index in [0.717, 1.165) is 14.6 Å². The van der Waals surface area contributed by atoms with E-state index in [2.05, 4.69) is 16.4 Å². The van der Waals surface area contributed by atoms with Crippen molar-refractivity contribution in [1.82, 2.24) is 4.98 Å². The van der Waals surface area contributed by atoms with E-state index in [1.165, 1.54) is 23.1 Å². The molecule has 0 fully saturated rings. The number of hydrogen-bond acceptors (Lipinski definition) is 5. The summed E-state index contributed by atoms with van der Waals surface area (Å²) in [4.78, 5) is 16.6. The summed E-state index contributed by atoms with van der Waals surface area (Å²) in [5, 5.41) is 12.1. The SMILES string of the molecule is N#CCSc1nc2ccc(NC(=O)c3ccc(Cl)cc3)cc2s1. The minimum atomic E-state index is -0.190. The van der Waals surface area contributed by atoms with E-state index < -0.39 is 0 Å². The number of nitriles is 1. The van der Waals surface area contributed by atoms with Gasteiger partial charge in [0.25, 0.3) is 5.91 Å². The number of hydrogen-bond donors (Lipinski definition) is 1. The fraction of sp³-hybridized carbons (Fsp3) is 0.0625. The first-order chi connectivity index (χ1) is 11.2. The second-order valence-corrected chi connectivity index (χ2v) is 7.26. The van der Waals surface area contributed by atoms with E-state index in [-0.39, 0.29) is 5.91 Å². The van der Waals surface area contributed by atoms with E-state index >= 15 is 0 Å². The summed E-state index contributed by atoms with van der Waals surface area (Å²) in [6, 6.07) is 14.4. The van der Waals surface area contributed by atoms with Crippen molar-refractivity contribution < 1.29 is 4.79 Å². The number of amides is 1. The molecule has 1 aromatic heterocycles. The number of rotatable bonds is 4. The van der Waals surface area contributed by atoms with Crippen LogP contribution in [-0.2, 0) is 0 Å². The molecule has 0 atom stereocenters. The van der Waals surface area contributed by atoms with Crippen molar-refractivity contribution in [3.8, 4) is 6.07 Å². The van der Waals surface area contributed by atoms with Crippen LogP contribution in [0.2, 0.25) is 5.02 Å². The first-order valence-electron chi connectivity index (χ1n) is 6.63. The summed E-state index contributed by atoms with van der Waals surface area (Å²) >= 11 is 8.74. The van der Waals surface area contributed by atoms with Gasteiger partial charge in [0.15, 0.2) is 4.34 Å². The number of fused-ring (bicyclic) bond motifs is 1. The average Bonchev–Trinajstić information content (AvgIpc) is 2.95. The van der Waals surface area contributed by atoms with Gasteiger partial charge in [0.2, 0.25) is 0 Å². The summed E-state index contributed by atoms with van der Waals surface area (Å²) in [7, 11) is 0. The highest BCUT2D eigenvalue weighted by Crippen LogP contribution is 2.31. The van der Waals surface area contributed by atoms with E-state index in [1.807, 2.05) is 18.2 Å². The number of nitrogens with zero attached hydrogens (tertiary/aromatic N) is 2. The van der Waals surface area contributed by atoms with Gasteiger partial charge in [-0.15, -0.1) is 11.3 Å². The molecule has 114 valence electrons. The van der Waals surface area contributed by atoms with Gasteiger partial charge in [-0.2, -0.15) is 5.26 Å². The molecule has 0 unspecified atom stereocenters. The van der Waals surface area contributed by atoms with Gasteiger partial charge in [-0.05, 0) is 42.5 Å². The minimum Gasteiger partial charge on any atom is -0.322 e. The van der Waals surface area contributed by atoms with Crippen LogP contribution in [0, 0.1) is 11.3 Å². The van der Waals surface area contributed by atoms with Crippen molar-refractivity contribution in [2.24, 2.45) is 0 Å². The summed E-state index contributed by atoms with van der Waals surface area (Å²) < 4.78 is 1.82. The first kappa shape index (κ1) is 15.8. The van der Waals surface area contributed by atoms with Gasteiger partial charge in [-0.25, -0.2) is 4.98 Å². The van der Waals surface area contributed by atoms with Gasteiger partial charge in [-0.1, -0.05) is 23.4 Å². The van der Waals surface area contributed by atoms with Gasteiger partial charge in [0.1, 0.15) is 0 Å². The molecule has 0 aliphatic rings. The van der Waals surface area contributed by atoms with Crippen molar-refractivity contribution in [3.05, 3.63) is 53.1 Å². The Kier molecular flexibility index (Phi) is 4.82. The number of halogens is 1. The zero-order chi connectivity index (χ0) is 16.2. The smallest absolute Gasteiger partial charge is 0.255 e. The maximum atomic E-state index is 12.2. The third kappa shape index (κ3) is 3.82. The molecule has 0 saturated carbocycles.